The van der Waals surface area contributed by atoms with E-state index in [4.69, 9.17) is 4.98 Å². The third-order valence-electron chi connectivity index (χ3n) is 4.85. The van der Waals surface area contributed by atoms with Crippen molar-refractivity contribution in [3.8, 4) is 10.6 Å². The molecule has 0 radical (unpaired) electrons. The lowest BCUT2D eigenvalue weighted by Crippen LogP contribution is -1.88. The highest BCUT2D eigenvalue weighted by atomic mass is 32.2. The molecule has 3 aromatic heterocycles. The molecule has 1 aliphatic carbocycles. The van der Waals surface area contributed by atoms with Crippen LogP contribution in [-0.4, -0.2) is 13.9 Å². The van der Waals surface area contributed by atoms with Gasteiger partial charge in [0.25, 0.3) is 0 Å². The van der Waals surface area contributed by atoms with Crippen LogP contribution in [0.15, 0.2) is 71.2 Å². The molecular weight excluding hydrogens is 401 g/mol. The highest BCUT2D eigenvalue weighted by Gasteiger charge is 2.19. The maximum absolute atomic E-state index is 14.8. The van der Waals surface area contributed by atoms with Crippen molar-refractivity contribution in [2.24, 2.45) is 0 Å². The first-order chi connectivity index (χ1) is 14.2. The number of halogens is 1. The molecular formula is C23H18FN3S2. The number of hydrogen-bond donors (Lipinski definition) is 0. The van der Waals surface area contributed by atoms with Crippen LogP contribution in [0.4, 0.5) is 4.39 Å². The third kappa shape index (κ3) is 3.54. The monoisotopic (exact) mass is 419 g/mol. The van der Waals surface area contributed by atoms with Gasteiger partial charge in [-0.3, -0.25) is 3.97 Å². The summed E-state index contributed by atoms with van der Waals surface area (Å²) in [6, 6.07) is 9.68. The van der Waals surface area contributed by atoms with Gasteiger partial charge in [0.05, 0.1) is 11.1 Å². The van der Waals surface area contributed by atoms with Crippen molar-refractivity contribution in [3.05, 3.63) is 83.4 Å². The summed E-state index contributed by atoms with van der Waals surface area (Å²) in [5, 5.41) is 3.36. The first-order valence-corrected chi connectivity index (χ1v) is 11.1. The van der Waals surface area contributed by atoms with E-state index in [1.54, 1.807) is 0 Å². The predicted octanol–water partition coefficient (Wildman–Crippen LogP) is 6.90. The molecule has 0 N–H and O–H groups in total. The van der Waals surface area contributed by atoms with Crippen LogP contribution < -0.4 is 0 Å². The van der Waals surface area contributed by atoms with Crippen LogP contribution in [0.2, 0.25) is 0 Å². The standard InChI is InChI=1S/C23H18FN3S2/c1-15-7-9-17(10-8-15)29-27-13-18(21-19(24)11-12-25-22(21)27)23-26-20(14-28-23)16-5-3-2-4-6-16/h3,5-14H,2,4H2,1H3. The van der Waals surface area contributed by atoms with E-state index in [2.05, 4.69) is 54.4 Å². The Labute approximate surface area is 176 Å². The Bertz CT molecular complexity index is 1250. The average molecular weight is 420 g/mol. The largest absolute Gasteiger partial charge is 0.270 e. The summed E-state index contributed by atoms with van der Waals surface area (Å²) in [6.45, 7) is 2.06. The average Bonchev–Trinajstić information content (AvgIpc) is 3.37. The quantitative estimate of drug-likeness (QED) is 0.361. The minimum atomic E-state index is -0.276. The SMILES string of the molecule is Cc1ccc(Sn2cc(-c3nc(C4=CCCC=C4)cs3)c3c(F)ccnc32)cc1. The van der Waals surface area contributed by atoms with E-state index in [-0.39, 0.29) is 5.82 Å². The minimum absolute atomic E-state index is 0.276. The second kappa shape index (κ2) is 7.61. The first kappa shape index (κ1) is 18.3. The Hall–Kier alpha value is -2.70. The molecule has 3 heterocycles. The predicted molar refractivity (Wildman–Crippen MR) is 120 cm³/mol. The number of allylic oxidation sites excluding steroid dienone is 4. The second-order valence-corrected chi connectivity index (χ2v) is 8.85. The molecule has 0 spiro atoms. The molecule has 0 saturated carbocycles. The lowest BCUT2D eigenvalue weighted by atomic mass is 10.1. The number of nitrogens with zero attached hydrogens (tertiary/aromatic N) is 3. The summed E-state index contributed by atoms with van der Waals surface area (Å²) >= 11 is 3.07. The molecule has 4 aromatic rings. The van der Waals surface area contributed by atoms with Gasteiger partial charge >= 0.3 is 0 Å². The van der Waals surface area contributed by atoms with Crippen LogP contribution in [0.25, 0.3) is 27.2 Å². The summed E-state index contributed by atoms with van der Waals surface area (Å²) in [5.74, 6) is -0.276. The number of hydrogen-bond acceptors (Lipinski definition) is 4. The maximum atomic E-state index is 14.8. The highest BCUT2D eigenvalue weighted by molar-refractivity contribution is 7.98. The molecule has 0 unspecified atom stereocenters. The Morgan fingerprint density at radius 3 is 2.79 bits per heavy atom. The minimum Gasteiger partial charge on any atom is -0.270 e. The highest BCUT2D eigenvalue weighted by Crippen LogP contribution is 2.38. The van der Waals surface area contributed by atoms with Gasteiger partial charge in [-0.05, 0) is 55.5 Å². The molecule has 1 aliphatic rings. The third-order valence-corrected chi connectivity index (χ3v) is 6.69. The number of fused-ring (bicyclic) bond motifs is 1. The van der Waals surface area contributed by atoms with Crippen molar-refractivity contribution in [2.75, 3.05) is 0 Å². The number of thiazole rings is 1. The van der Waals surface area contributed by atoms with Crippen LogP contribution in [0.1, 0.15) is 24.1 Å². The number of aryl methyl sites for hydroxylation is 1. The zero-order valence-electron chi connectivity index (χ0n) is 15.8. The Kier molecular flexibility index (Phi) is 4.81. The van der Waals surface area contributed by atoms with E-state index in [9.17, 15) is 4.39 Å². The zero-order chi connectivity index (χ0) is 19.8. The topological polar surface area (TPSA) is 30.7 Å². The Morgan fingerprint density at radius 2 is 2.00 bits per heavy atom. The van der Waals surface area contributed by atoms with Gasteiger partial charge in [-0.15, -0.1) is 11.3 Å². The normalized spacial score (nSPS) is 13.8. The van der Waals surface area contributed by atoms with Crippen molar-refractivity contribution in [1.82, 2.24) is 13.9 Å². The molecule has 29 heavy (non-hydrogen) atoms. The van der Waals surface area contributed by atoms with Crippen LogP contribution in [-0.2, 0) is 0 Å². The summed E-state index contributed by atoms with van der Waals surface area (Å²) in [7, 11) is 0. The fourth-order valence-electron chi connectivity index (χ4n) is 3.36. The summed E-state index contributed by atoms with van der Waals surface area (Å²) < 4.78 is 16.7. The van der Waals surface area contributed by atoms with Crippen molar-refractivity contribution < 1.29 is 4.39 Å². The van der Waals surface area contributed by atoms with Crippen LogP contribution in [0.5, 0.6) is 0 Å². The molecule has 0 atom stereocenters. The maximum Gasteiger partial charge on any atom is 0.153 e. The first-order valence-electron chi connectivity index (χ1n) is 9.42. The van der Waals surface area contributed by atoms with Crippen molar-refractivity contribution >= 4 is 39.9 Å². The summed E-state index contributed by atoms with van der Waals surface area (Å²) in [5.41, 5.74) is 4.67. The smallest absolute Gasteiger partial charge is 0.153 e. The van der Waals surface area contributed by atoms with Gasteiger partial charge in [0.15, 0.2) is 5.65 Å². The molecule has 3 nitrogen and oxygen atoms in total. The number of benzene rings is 1. The molecule has 1 aromatic carbocycles. The van der Waals surface area contributed by atoms with Gasteiger partial charge in [0.1, 0.15) is 10.8 Å². The molecule has 0 aliphatic heterocycles. The second-order valence-electron chi connectivity index (χ2n) is 6.94. The number of pyridine rings is 1. The summed E-state index contributed by atoms with van der Waals surface area (Å²) in [6.07, 6.45) is 12.0. The van der Waals surface area contributed by atoms with E-state index in [0.717, 1.165) is 39.6 Å². The Morgan fingerprint density at radius 1 is 1.14 bits per heavy atom. The van der Waals surface area contributed by atoms with E-state index in [0.29, 0.717) is 11.0 Å². The van der Waals surface area contributed by atoms with Gasteiger partial charge in [0.2, 0.25) is 0 Å². The van der Waals surface area contributed by atoms with E-state index < -0.39 is 0 Å². The molecule has 0 fully saturated rings. The molecule has 6 heteroatoms. The van der Waals surface area contributed by atoms with Crippen LogP contribution in [0.3, 0.4) is 0 Å². The van der Waals surface area contributed by atoms with Crippen LogP contribution >= 0.6 is 23.3 Å². The van der Waals surface area contributed by atoms with E-state index >= 15 is 0 Å². The number of rotatable bonds is 4. The zero-order valence-corrected chi connectivity index (χ0v) is 17.4. The van der Waals surface area contributed by atoms with Crippen molar-refractivity contribution in [1.29, 1.82) is 0 Å². The van der Waals surface area contributed by atoms with Crippen LogP contribution in [0, 0.1) is 12.7 Å². The number of aromatic nitrogens is 3. The Balaban J connectivity index is 1.59. The summed E-state index contributed by atoms with van der Waals surface area (Å²) in [4.78, 5) is 10.3. The fourth-order valence-corrected chi connectivity index (χ4v) is 5.08. The van der Waals surface area contributed by atoms with Gasteiger partial charge in [-0.25, -0.2) is 14.4 Å². The molecule has 0 saturated heterocycles. The van der Waals surface area contributed by atoms with Gasteiger partial charge < -0.3 is 0 Å². The van der Waals surface area contributed by atoms with E-state index in [1.165, 1.54) is 41.1 Å². The molecule has 5 rings (SSSR count). The van der Waals surface area contributed by atoms with Crippen molar-refractivity contribution in [2.45, 2.75) is 24.7 Å². The van der Waals surface area contributed by atoms with Gasteiger partial charge in [-0.1, -0.05) is 35.9 Å². The van der Waals surface area contributed by atoms with Gasteiger partial charge in [-0.2, -0.15) is 0 Å². The van der Waals surface area contributed by atoms with Gasteiger partial charge in [0, 0.05) is 28.2 Å². The molecule has 0 amide bonds. The molecule has 144 valence electrons. The van der Waals surface area contributed by atoms with Crippen molar-refractivity contribution in [3.63, 3.8) is 0 Å². The fraction of sp³-hybridized carbons (Fsp3) is 0.130. The lowest BCUT2D eigenvalue weighted by molar-refractivity contribution is 0.639. The van der Waals surface area contributed by atoms with E-state index in [1.807, 2.05) is 15.5 Å². The molecule has 0 bridgehead atoms. The lowest BCUT2D eigenvalue weighted by Gasteiger charge is -2.04.